The maximum Gasteiger partial charge on any atom is 0.307 e. The first-order chi connectivity index (χ1) is 20.7. The van der Waals surface area contributed by atoms with E-state index in [1.165, 1.54) is 12.1 Å². The predicted octanol–water partition coefficient (Wildman–Crippen LogP) is 7.38. The fraction of sp³-hybridized carbons (Fsp3) is 0.500. The van der Waals surface area contributed by atoms with Crippen LogP contribution in [-0.2, 0) is 29.0 Å². The first kappa shape index (κ1) is 35.0. The lowest BCUT2D eigenvalue weighted by molar-refractivity contribution is -0.136. The van der Waals surface area contributed by atoms with Crippen molar-refractivity contribution in [3.63, 3.8) is 0 Å². The first-order valence-electron chi connectivity index (χ1n) is 15.4. The zero-order valence-corrected chi connectivity index (χ0v) is 27.4. The van der Waals surface area contributed by atoms with Crippen molar-refractivity contribution in [2.45, 2.75) is 86.4 Å². The lowest BCUT2D eigenvalue weighted by Crippen LogP contribution is -2.38. The molecule has 8 heteroatoms. The molecule has 2 aromatic carbocycles. The first-order valence-corrected chi connectivity index (χ1v) is 15.4. The van der Waals surface area contributed by atoms with Gasteiger partial charge >= 0.3 is 5.97 Å². The number of hydrogen-bond donors (Lipinski definition) is 2. The van der Waals surface area contributed by atoms with Gasteiger partial charge in [0.15, 0.2) is 0 Å². The molecule has 0 radical (unpaired) electrons. The third-order valence-electron chi connectivity index (χ3n) is 7.47. The Morgan fingerprint density at radius 1 is 1.05 bits per heavy atom. The largest absolute Gasteiger partial charge is 0.493 e. The molecule has 1 saturated heterocycles. The molecule has 0 atom stereocenters. The van der Waals surface area contributed by atoms with Crippen molar-refractivity contribution < 1.29 is 28.9 Å². The Morgan fingerprint density at radius 3 is 2.18 bits per heavy atom. The SMILES string of the molecule is CC(C)(C)O.CCOCc1nc(C)c(CC(=O)O)c(N2CCC(C)(C)CC2)c1-c1ccc(OCCc2ccc(F)cc2)cc1. The second-order valence-corrected chi connectivity index (χ2v) is 13.1. The summed E-state index contributed by atoms with van der Waals surface area (Å²) in [4.78, 5) is 19.1. The molecule has 0 aliphatic carbocycles. The molecule has 44 heavy (non-hydrogen) atoms. The summed E-state index contributed by atoms with van der Waals surface area (Å²) in [6.45, 7) is 16.8. The third-order valence-corrected chi connectivity index (χ3v) is 7.47. The molecule has 0 bridgehead atoms. The molecule has 2 N–H and O–H groups in total. The summed E-state index contributed by atoms with van der Waals surface area (Å²) in [5.41, 5.74) is 5.92. The lowest BCUT2D eigenvalue weighted by atomic mass is 9.82. The van der Waals surface area contributed by atoms with Gasteiger partial charge in [-0.05, 0) is 88.3 Å². The van der Waals surface area contributed by atoms with E-state index in [0.717, 1.165) is 71.0 Å². The van der Waals surface area contributed by atoms with E-state index >= 15 is 0 Å². The fourth-order valence-electron chi connectivity index (χ4n) is 5.09. The number of carboxylic acids is 1. The minimum Gasteiger partial charge on any atom is -0.493 e. The zero-order chi connectivity index (χ0) is 32.5. The van der Waals surface area contributed by atoms with Crippen LogP contribution in [0.25, 0.3) is 11.1 Å². The highest BCUT2D eigenvalue weighted by atomic mass is 19.1. The summed E-state index contributed by atoms with van der Waals surface area (Å²) in [7, 11) is 0. The Morgan fingerprint density at radius 2 is 1.64 bits per heavy atom. The van der Waals surface area contributed by atoms with Crippen molar-refractivity contribution in [1.82, 2.24) is 4.98 Å². The average molecular weight is 609 g/mol. The summed E-state index contributed by atoms with van der Waals surface area (Å²) >= 11 is 0. The van der Waals surface area contributed by atoms with E-state index in [0.29, 0.717) is 26.2 Å². The van der Waals surface area contributed by atoms with Crippen LogP contribution in [0, 0.1) is 18.2 Å². The van der Waals surface area contributed by atoms with E-state index in [2.05, 4.69) is 18.7 Å². The van der Waals surface area contributed by atoms with Crippen LogP contribution < -0.4 is 9.64 Å². The van der Waals surface area contributed by atoms with Crippen molar-refractivity contribution in [3.05, 3.63) is 76.9 Å². The number of aromatic nitrogens is 1. The molecule has 240 valence electrons. The normalized spacial score (nSPS) is 14.5. The van der Waals surface area contributed by atoms with Crippen LogP contribution in [-0.4, -0.2) is 53.1 Å². The number of halogens is 1. The molecule has 0 unspecified atom stereocenters. The van der Waals surface area contributed by atoms with E-state index in [4.69, 9.17) is 19.6 Å². The van der Waals surface area contributed by atoms with Crippen molar-refractivity contribution >= 4 is 11.7 Å². The smallest absolute Gasteiger partial charge is 0.307 e. The maximum atomic E-state index is 13.2. The number of carboxylic acid groups (broad SMARTS) is 1. The van der Waals surface area contributed by atoms with E-state index in [1.54, 1.807) is 32.9 Å². The number of piperidine rings is 1. The molecular weight excluding hydrogens is 559 g/mol. The summed E-state index contributed by atoms with van der Waals surface area (Å²) in [6, 6.07) is 14.3. The number of pyridine rings is 1. The van der Waals surface area contributed by atoms with Crippen LogP contribution in [0.1, 0.15) is 76.9 Å². The molecule has 0 spiro atoms. The molecule has 3 aromatic rings. The second kappa shape index (κ2) is 15.5. The Hall–Kier alpha value is -3.49. The highest BCUT2D eigenvalue weighted by Gasteiger charge is 2.30. The van der Waals surface area contributed by atoms with Gasteiger partial charge in [-0.3, -0.25) is 9.78 Å². The number of aryl methyl sites for hydroxylation is 1. The number of hydrogen-bond acceptors (Lipinski definition) is 6. The van der Waals surface area contributed by atoms with Crippen LogP contribution in [0.2, 0.25) is 0 Å². The molecule has 1 aromatic heterocycles. The Labute approximate surface area is 262 Å². The standard InChI is InChI=1S/C32H39FN2O4.C4H10O/c1-5-38-21-28-30(24-8-12-26(13-9-24)39-19-14-23-6-10-25(33)11-7-23)31(27(20-29(36)37)22(2)34-28)35-17-15-32(3,4)16-18-35;1-4(2,3)5/h6-13H,5,14-21H2,1-4H3,(H,36,37);5H,1-3H3. The van der Waals surface area contributed by atoms with Gasteiger partial charge in [-0.2, -0.15) is 0 Å². The fourth-order valence-corrected chi connectivity index (χ4v) is 5.09. The minimum absolute atomic E-state index is 0.0828. The van der Waals surface area contributed by atoms with E-state index in [1.807, 2.05) is 38.1 Å². The van der Waals surface area contributed by atoms with Crippen LogP contribution >= 0.6 is 0 Å². The van der Waals surface area contributed by atoms with Crippen molar-refractivity contribution in [1.29, 1.82) is 0 Å². The molecule has 1 fully saturated rings. The molecule has 0 amide bonds. The number of aliphatic carboxylic acids is 1. The number of rotatable bonds is 11. The second-order valence-electron chi connectivity index (χ2n) is 13.1. The van der Waals surface area contributed by atoms with Gasteiger partial charge in [0.1, 0.15) is 11.6 Å². The number of aliphatic hydroxyl groups is 1. The summed E-state index contributed by atoms with van der Waals surface area (Å²) < 4.78 is 24.9. The van der Waals surface area contributed by atoms with Gasteiger partial charge in [-0.1, -0.05) is 38.1 Å². The topological polar surface area (TPSA) is 92.1 Å². The number of carbonyl (C=O) groups is 1. The van der Waals surface area contributed by atoms with Crippen LogP contribution in [0.5, 0.6) is 5.75 Å². The van der Waals surface area contributed by atoms with Crippen molar-refractivity contribution in [2.75, 3.05) is 31.2 Å². The third kappa shape index (κ3) is 10.9. The number of ether oxygens (including phenoxy) is 2. The van der Waals surface area contributed by atoms with Gasteiger partial charge in [0.2, 0.25) is 0 Å². The van der Waals surface area contributed by atoms with Gasteiger partial charge in [0.05, 0.1) is 36.6 Å². The molecule has 1 aliphatic heterocycles. The van der Waals surface area contributed by atoms with Gasteiger partial charge in [-0.15, -0.1) is 0 Å². The van der Waals surface area contributed by atoms with Crippen molar-refractivity contribution in [2.24, 2.45) is 5.41 Å². The average Bonchev–Trinajstić information content (AvgIpc) is 2.93. The van der Waals surface area contributed by atoms with Crippen LogP contribution in [0.3, 0.4) is 0 Å². The number of anilines is 1. The Bertz CT molecular complexity index is 1350. The maximum absolute atomic E-state index is 13.2. The summed E-state index contributed by atoms with van der Waals surface area (Å²) in [6.07, 6.45) is 2.65. The van der Waals surface area contributed by atoms with Crippen LogP contribution in [0.4, 0.5) is 10.1 Å². The quantitative estimate of drug-likeness (QED) is 0.235. The van der Waals surface area contributed by atoms with Crippen LogP contribution in [0.15, 0.2) is 48.5 Å². The molecule has 1 aliphatic rings. The molecule has 0 saturated carbocycles. The number of benzene rings is 2. The zero-order valence-electron chi connectivity index (χ0n) is 27.4. The molecular formula is C36H49FN2O5. The highest BCUT2D eigenvalue weighted by Crippen LogP contribution is 2.42. The molecule has 7 nitrogen and oxygen atoms in total. The van der Waals surface area contributed by atoms with E-state index < -0.39 is 11.6 Å². The van der Waals surface area contributed by atoms with E-state index in [9.17, 15) is 14.3 Å². The monoisotopic (exact) mass is 608 g/mol. The predicted molar refractivity (Wildman–Crippen MR) is 174 cm³/mol. The van der Waals surface area contributed by atoms with Crippen molar-refractivity contribution in [3.8, 4) is 16.9 Å². The minimum atomic E-state index is -0.869. The Kier molecular flexibility index (Phi) is 12.3. The summed E-state index contributed by atoms with van der Waals surface area (Å²) in [5.74, 6) is -0.380. The Balaban J connectivity index is 0.000000978. The molecule has 4 rings (SSSR count). The highest BCUT2D eigenvalue weighted by molar-refractivity contribution is 5.86. The lowest BCUT2D eigenvalue weighted by Gasteiger charge is -2.40. The van der Waals surface area contributed by atoms with Gasteiger partial charge in [-0.25, -0.2) is 4.39 Å². The number of nitrogens with zero attached hydrogens (tertiary/aromatic N) is 2. The van der Waals surface area contributed by atoms with E-state index in [-0.39, 0.29) is 17.7 Å². The molecule has 2 heterocycles. The summed E-state index contributed by atoms with van der Waals surface area (Å²) in [5, 5.41) is 18.3. The van der Waals surface area contributed by atoms with Gasteiger partial charge in [0, 0.05) is 42.9 Å². The van der Waals surface area contributed by atoms with Gasteiger partial charge < -0.3 is 24.6 Å². The van der Waals surface area contributed by atoms with Gasteiger partial charge in [0.25, 0.3) is 0 Å².